The van der Waals surface area contributed by atoms with Crippen molar-refractivity contribution in [1.82, 2.24) is 15.3 Å². The molecular formula is C17H21ClN4O. The Hall–Kier alpha value is -2.14. The van der Waals surface area contributed by atoms with E-state index < -0.39 is 0 Å². The molecule has 1 heterocycles. The van der Waals surface area contributed by atoms with E-state index in [2.05, 4.69) is 34.4 Å². The number of carbonyl (C=O) groups is 1. The van der Waals surface area contributed by atoms with Crippen molar-refractivity contribution in [3.05, 3.63) is 52.4 Å². The summed E-state index contributed by atoms with van der Waals surface area (Å²) in [6.45, 7) is 6.36. The molecule has 1 unspecified atom stereocenters. The lowest BCUT2D eigenvalue weighted by Gasteiger charge is -2.13. The lowest BCUT2D eigenvalue weighted by molar-refractivity contribution is 0.0945. The second-order valence-corrected chi connectivity index (χ2v) is 5.88. The highest BCUT2D eigenvalue weighted by molar-refractivity contribution is 6.30. The highest BCUT2D eigenvalue weighted by atomic mass is 35.5. The van der Waals surface area contributed by atoms with Gasteiger partial charge >= 0.3 is 0 Å². The zero-order valence-electron chi connectivity index (χ0n) is 13.6. The summed E-state index contributed by atoms with van der Waals surface area (Å²) < 4.78 is 0. The van der Waals surface area contributed by atoms with Crippen LogP contribution in [-0.2, 0) is 6.54 Å². The van der Waals surface area contributed by atoms with E-state index in [-0.39, 0.29) is 11.9 Å². The van der Waals surface area contributed by atoms with Crippen LogP contribution in [0, 0.1) is 6.92 Å². The van der Waals surface area contributed by atoms with Crippen molar-refractivity contribution >= 4 is 23.3 Å². The maximum absolute atomic E-state index is 12.3. The van der Waals surface area contributed by atoms with Gasteiger partial charge in [-0.15, -0.1) is 0 Å². The molecule has 23 heavy (non-hydrogen) atoms. The number of nitrogens with zero attached hydrogens (tertiary/aromatic N) is 2. The van der Waals surface area contributed by atoms with Gasteiger partial charge in [-0.05, 0) is 38.0 Å². The number of hydrogen-bond acceptors (Lipinski definition) is 4. The number of benzene rings is 1. The van der Waals surface area contributed by atoms with Gasteiger partial charge < -0.3 is 10.6 Å². The predicted molar refractivity (Wildman–Crippen MR) is 92.8 cm³/mol. The van der Waals surface area contributed by atoms with Gasteiger partial charge in [0.15, 0.2) is 0 Å². The summed E-state index contributed by atoms with van der Waals surface area (Å²) in [6, 6.07) is 9.32. The first-order valence-corrected chi connectivity index (χ1v) is 8.00. The first-order chi connectivity index (χ1) is 11.0. The molecule has 0 spiro atoms. The average molecular weight is 333 g/mol. The predicted octanol–water partition coefficient (Wildman–Crippen LogP) is 3.58. The second-order valence-electron chi connectivity index (χ2n) is 5.45. The van der Waals surface area contributed by atoms with E-state index in [0.29, 0.717) is 28.9 Å². The van der Waals surface area contributed by atoms with Gasteiger partial charge in [0, 0.05) is 23.7 Å². The summed E-state index contributed by atoms with van der Waals surface area (Å²) in [4.78, 5) is 20.8. The van der Waals surface area contributed by atoms with Crippen molar-refractivity contribution in [2.75, 3.05) is 5.32 Å². The summed E-state index contributed by atoms with van der Waals surface area (Å²) in [7, 11) is 0. The van der Waals surface area contributed by atoms with Crippen LogP contribution in [0.5, 0.6) is 0 Å². The van der Waals surface area contributed by atoms with E-state index in [0.717, 1.165) is 12.0 Å². The van der Waals surface area contributed by atoms with E-state index in [1.807, 2.05) is 12.1 Å². The summed E-state index contributed by atoms with van der Waals surface area (Å²) in [5, 5.41) is 6.79. The molecule has 0 aliphatic heterocycles. The number of aromatic nitrogens is 2. The largest absolute Gasteiger partial charge is 0.368 e. The Balaban J connectivity index is 2.04. The van der Waals surface area contributed by atoms with Crippen molar-refractivity contribution in [1.29, 1.82) is 0 Å². The number of aryl methyl sites for hydroxylation is 1. The first kappa shape index (κ1) is 17.2. The van der Waals surface area contributed by atoms with E-state index in [9.17, 15) is 4.79 Å². The Bertz CT molecular complexity index is 673. The van der Waals surface area contributed by atoms with Crippen LogP contribution in [-0.4, -0.2) is 21.9 Å². The fourth-order valence-corrected chi connectivity index (χ4v) is 2.11. The van der Waals surface area contributed by atoms with Crippen LogP contribution in [0.2, 0.25) is 5.02 Å². The quantitative estimate of drug-likeness (QED) is 0.848. The Morgan fingerprint density at radius 1 is 1.26 bits per heavy atom. The number of anilines is 1. The van der Waals surface area contributed by atoms with Crippen molar-refractivity contribution in [3.8, 4) is 0 Å². The molecule has 2 rings (SSSR count). The molecule has 1 atom stereocenters. The summed E-state index contributed by atoms with van der Waals surface area (Å²) in [5.41, 5.74) is 1.34. The van der Waals surface area contributed by atoms with E-state index >= 15 is 0 Å². The minimum Gasteiger partial charge on any atom is -0.368 e. The molecule has 1 aromatic carbocycles. The molecule has 0 aliphatic carbocycles. The molecule has 0 bridgehead atoms. The SMILES string of the molecule is CCC(C)Nc1cc(C(=O)NCc2ccc(Cl)cc2)nc(C)n1. The normalized spacial score (nSPS) is 11.8. The number of halogens is 1. The van der Waals surface area contributed by atoms with Crippen molar-refractivity contribution < 1.29 is 4.79 Å². The molecule has 2 N–H and O–H groups in total. The molecule has 0 fully saturated rings. The maximum Gasteiger partial charge on any atom is 0.270 e. The fraction of sp³-hybridized carbons (Fsp3) is 0.353. The Morgan fingerprint density at radius 2 is 1.96 bits per heavy atom. The van der Waals surface area contributed by atoms with Gasteiger partial charge in [-0.3, -0.25) is 4.79 Å². The van der Waals surface area contributed by atoms with Crippen LogP contribution in [0.3, 0.4) is 0 Å². The van der Waals surface area contributed by atoms with Gasteiger partial charge in [-0.25, -0.2) is 9.97 Å². The molecular weight excluding hydrogens is 312 g/mol. The van der Waals surface area contributed by atoms with Gasteiger partial charge in [0.2, 0.25) is 0 Å². The highest BCUT2D eigenvalue weighted by Crippen LogP contribution is 2.11. The lowest BCUT2D eigenvalue weighted by Crippen LogP contribution is -2.25. The molecule has 0 saturated carbocycles. The van der Waals surface area contributed by atoms with Gasteiger partial charge in [-0.2, -0.15) is 0 Å². The van der Waals surface area contributed by atoms with E-state index in [1.165, 1.54) is 0 Å². The Kier molecular flexibility index (Phi) is 5.93. The standard InChI is InChI=1S/C17H21ClN4O/c1-4-11(2)20-16-9-15(21-12(3)22-16)17(23)19-10-13-5-7-14(18)8-6-13/h5-9,11H,4,10H2,1-3H3,(H,19,23)(H,20,21,22). The molecule has 0 saturated heterocycles. The van der Waals surface area contributed by atoms with Crippen LogP contribution in [0.25, 0.3) is 0 Å². The molecule has 6 heteroatoms. The maximum atomic E-state index is 12.3. The smallest absolute Gasteiger partial charge is 0.270 e. The molecule has 1 amide bonds. The molecule has 5 nitrogen and oxygen atoms in total. The average Bonchev–Trinajstić information content (AvgIpc) is 2.53. The highest BCUT2D eigenvalue weighted by Gasteiger charge is 2.11. The van der Waals surface area contributed by atoms with Crippen LogP contribution in [0.1, 0.15) is 42.1 Å². The fourth-order valence-electron chi connectivity index (χ4n) is 1.99. The third kappa shape index (κ3) is 5.21. The molecule has 2 aromatic rings. The van der Waals surface area contributed by atoms with Gasteiger partial charge in [0.05, 0.1) is 0 Å². The third-order valence-electron chi connectivity index (χ3n) is 3.44. The zero-order chi connectivity index (χ0) is 16.8. The van der Waals surface area contributed by atoms with Crippen LogP contribution in [0.4, 0.5) is 5.82 Å². The Morgan fingerprint density at radius 3 is 2.61 bits per heavy atom. The van der Waals surface area contributed by atoms with Crippen LogP contribution < -0.4 is 10.6 Å². The number of amides is 1. The van der Waals surface area contributed by atoms with Crippen molar-refractivity contribution in [2.24, 2.45) is 0 Å². The molecule has 122 valence electrons. The molecule has 0 radical (unpaired) electrons. The Labute approximate surface area is 141 Å². The summed E-state index contributed by atoms with van der Waals surface area (Å²) in [6.07, 6.45) is 0.973. The minimum absolute atomic E-state index is 0.224. The van der Waals surface area contributed by atoms with E-state index in [1.54, 1.807) is 25.1 Å². The topological polar surface area (TPSA) is 66.9 Å². The molecule has 0 aliphatic rings. The van der Waals surface area contributed by atoms with Crippen LogP contribution in [0.15, 0.2) is 30.3 Å². The van der Waals surface area contributed by atoms with Crippen molar-refractivity contribution in [3.63, 3.8) is 0 Å². The number of nitrogens with one attached hydrogen (secondary N) is 2. The summed E-state index contributed by atoms with van der Waals surface area (Å²) in [5.74, 6) is 1.01. The summed E-state index contributed by atoms with van der Waals surface area (Å²) >= 11 is 5.85. The second kappa shape index (κ2) is 7.92. The van der Waals surface area contributed by atoms with Crippen LogP contribution >= 0.6 is 11.6 Å². The minimum atomic E-state index is -0.224. The third-order valence-corrected chi connectivity index (χ3v) is 3.70. The van der Waals surface area contributed by atoms with Crippen molar-refractivity contribution in [2.45, 2.75) is 39.8 Å². The molecule has 1 aromatic heterocycles. The number of hydrogen-bond donors (Lipinski definition) is 2. The lowest BCUT2D eigenvalue weighted by atomic mass is 10.2. The van der Waals surface area contributed by atoms with E-state index in [4.69, 9.17) is 11.6 Å². The van der Waals surface area contributed by atoms with Gasteiger partial charge in [-0.1, -0.05) is 30.7 Å². The number of carbonyl (C=O) groups excluding carboxylic acids is 1. The van der Waals surface area contributed by atoms with Gasteiger partial charge in [0.25, 0.3) is 5.91 Å². The zero-order valence-corrected chi connectivity index (χ0v) is 14.3. The number of rotatable bonds is 6. The van der Waals surface area contributed by atoms with Gasteiger partial charge in [0.1, 0.15) is 17.3 Å². The monoisotopic (exact) mass is 332 g/mol. The first-order valence-electron chi connectivity index (χ1n) is 7.62.